The van der Waals surface area contributed by atoms with Crippen LogP contribution < -0.4 is 0 Å². The second-order valence-electron chi connectivity index (χ2n) is 3.02. The first-order valence-electron chi connectivity index (χ1n) is 4.78. The van der Waals surface area contributed by atoms with Crippen LogP contribution in [0.2, 0.25) is 0 Å². The molecule has 0 unspecified atom stereocenters. The van der Waals surface area contributed by atoms with Gasteiger partial charge >= 0.3 is 5.97 Å². The molecule has 0 N–H and O–H groups in total. The Kier molecular flexibility index (Phi) is 3.66. The summed E-state index contributed by atoms with van der Waals surface area (Å²) >= 11 is 1.41. The summed E-state index contributed by atoms with van der Waals surface area (Å²) < 4.78 is 4.58. The Morgan fingerprint density at radius 3 is 2.71 bits per heavy atom. The van der Waals surface area contributed by atoms with E-state index in [1.165, 1.54) is 25.1 Å². The number of aromatic nitrogens is 3. The summed E-state index contributed by atoms with van der Waals surface area (Å²) in [4.78, 5) is 24.3. The molecule has 0 bridgehead atoms. The van der Waals surface area contributed by atoms with Crippen LogP contribution in [0.5, 0.6) is 0 Å². The van der Waals surface area contributed by atoms with Crippen molar-refractivity contribution in [1.29, 1.82) is 0 Å². The van der Waals surface area contributed by atoms with Gasteiger partial charge in [-0.2, -0.15) is 0 Å². The van der Waals surface area contributed by atoms with Crippen LogP contribution in [0.1, 0.15) is 10.5 Å². The molecule has 17 heavy (non-hydrogen) atoms. The molecule has 2 heterocycles. The molecule has 2 rings (SSSR count). The van der Waals surface area contributed by atoms with Gasteiger partial charge in [0.05, 0.1) is 19.5 Å². The molecule has 0 aliphatic carbocycles. The number of carbonyl (C=O) groups excluding carboxylic acids is 1. The number of hydrogen-bond acceptors (Lipinski definition) is 6. The van der Waals surface area contributed by atoms with Crippen molar-refractivity contribution < 1.29 is 9.53 Å². The normalized spacial score (nSPS) is 9.94. The van der Waals surface area contributed by atoms with Gasteiger partial charge in [-0.05, 0) is 12.1 Å². The van der Waals surface area contributed by atoms with Crippen molar-refractivity contribution in [2.24, 2.45) is 0 Å². The van der Waals surface area contributed by atoms with E-state index in [0.29, 0.717) is 5.03 Å². The van der Waals surface area contributed by atoms with Crippen LogP contribution in [-0.4, -0.2) is 28.0 Å². The molecule has 0 aliphatic heterocycles. The fourth-order valence-corrected chi connectivity index (χ4v) is 1.88. The zero-order valence-electron chi connectivity index (χ0n) is 9.03. The molecule has 0 radical (unpaired) electrons. The molecular formula is C11H9N3O2S. The zero-order valence-corrected chi connectivity index (χ0v) is 9.85. The van der Waals surface area contributed by atoms with Gasteiger partial charge in [0.1, 0.15) is 5.03 Å². The van der Waals surface area contributed by atoms with E-state index >= 15 is 0 Å². The van der Waals surface area contributed by atoms with Crippen molar-refractivity contribution in [2.45, 2.75) is 9.92 Å². The maximum absolute atomic E-state index is 11.3. The van der Waals surface area contributed by atoms with E-state index in [1.807, 2.05) is 12.1 Å². The highest BCUT2D eigenvalue weighted by molar-refractivity contribution is 7.99. The largest absolute Gasteiger partial charge is 0.464 e. The van der Waals surface area contributed by atoms with Crippen molar-refractivity contribution in [3.8, 4) is 0 Å². The highest BCUT2D eigenvalue weighted by atomic mass is 32.2. The molecule has 0 saturated carbocycles. The third-order valence-electron chi connectivity index (χ3n) is 1.88. The lowest BCUT2D eigenvalue weighted by Gasteiger charge is -2.02. The monoisotopic (exact) mass is 247 g/mol. The van der Waals surface area contributed by atoms with Crippen molar-refractivity contribution in [2.75, 3.05) is 7.11 Å². The van der Waals surface area contributed by atoms with Gasteiger partial charge in [0, 0.05) is 17.3 Å². The van der Waals surface area contributed by atoms with Gasteiger partial charge < -0.3 is 4.74 Å². The molecule has 0 atom stereocenters. The van der Waals surface area contributed by atoms with E-state index in [-0.39, 0.29) is 5.69 Å². The summed E-state index contributed by atoms with van der Waals surface area (Å²) in [5.41, 5.74) is 0.201. The molecule has 2 aromatic heterocycles. The van der Waals surface area contributed by atoms with Crippen molar-refractivity contribution >= 4 is 17.7 Å². The number of rotatable bonds is 3. The first-order valence-corrected chi connectivity index (χ1v) is 5.59. The number of esters is 1. The molecule has 0 aromatic carbocycles. The van der Waals surface area contributed by atoms with Gasteiger partial charge in [0.2, 0.25) is 0 Å². The first kappa shape index (κ1) is 11.5. The molecule has 5 nitrogen and oxygen atoms in total. The average molecular weight is 247 g/mol. The molecule has 2 aromatic rings. The SMILES string of the molecule is COC(=O)c1cncc(Sc2ccncc2)n1. The van der Waals surface area contributed by atoms with Crippen LogP contribution in [0, 0.1) is 0 Å². The maximum Gasteiger partial charge on any atom is 0.358 e. The summed E-state index contributed by atoms with van der Waals surface area (Å²) in [6.45, 7) is 0. The Bertz CT molecular complexity index is 519. The predicted octanol–water partition coefficient (Wildman–Crippen LogP) is 1.81. The second kappa shape index (κ2) is 5.40. The van der Waals surface area contributed by atoms with Gasteiger partial charge in [0.25, 0.3) is 0 Å². The molecule has 0 saturated heterocycles. The molecule has 86 valence electrons. The molecule has 0 spiro atoms. The molecule has 6 heteroatoms. The second-order valence-corrected chi connectivity index (χ2v) is 4.11. The minimum Gasteiger partial charge on any atom is -0.464 e. The Hall–Kier alpha value is -1.95. The fourth-order valence-electron chi connectivity index (χ4n) is 1.13. The fraction of sp³-hybridized carbons (Fsp3) is 0.0909. The quantitative estimate of drug-likeness (QED) is 0.771. The summed E-state index contributed by atoms with van der Waals surface area (Å²) in [7, 11) is 1.31. The smallest absolute Gasteiger partial charge is 0.358 e. The van der Waals surface area contributed by atoms with E-state index in [1.54, 1.807) is 18.6 Å². The van der Waals surface area contributed by atoms with Crippen molar-refractivity contribution in [3.05, 3.63) is 42.6 Å². The van der Waals surface area contributed by atoms with Crippen LogP contribution in [0.4, 0.5) is 0 Å². The van der Waals surface area contributed by atoms with Crippen LogP contribution in [-0.2, 0) is 4.74 Å². The van der Waals surface area contributed by atoms with Crippen molar-refractivity contribution in [3.63, 3.8) is 0 Å². The van der Waals surface area contributed by atoms with Crippen LogP contribution >= 0.6 is 11.8 Å². The number of nitrogens with zero attached hydrogens (tertiary/aromatic N) is 3. The summed E-state index contributed by atoms with van der Waals surface area (Å²) in [6.07, 6.45) is 6.36. The lowest BCUT2D eigenvalue weighted by Crippen LogP contribution is -2.05. The lowest BCUT2D eigenvalue weighted by molar-refractivity contribution is 0.0592. The van der Waals surface area contributed by atoms with Gasteiger partial charge in [0.15, 0.2) is 5.69 Å². The average Bonchev–Trinajstić information content (AvgIpc) is 2.39. The minimum absolute atomic E-state index is 0.201. The van der Waals surface area contributed by atoms with Crippen LogP contribution in [0.15, 0.2) is 46.8 Å². The van der Waals surface area contributed by atoms with Gasteiger partial charge in [-0.1, -0.05) is 11.8 Å². The van der Waals surface area contributed by atoms with Gasteiger partial charge in [-0.3, -0.25) is 9.97 Å². The Labute approximate surface area is 102 Å². The van der Waals surface area contributed by atoms with Crippen molar-refractivity contribution in [1.82, 2.24) is 15.0 Å². The number of hydrogen-bond donors (Lipinski definition) is 0. The van der Waals surface area contributed by atoms with Gasteiger partial charge in [-0.15, -0.1) is 0 Å². The molecule has 0 fully saturated rings. The number of methoxy groups -OCH3 is 1. The topological polar surface area (TPSA) is 65.0 Å². The van der Waals surface area contributed by atoms with Gasteiger partial charge in [-0.25, -0.2) is 9.78 Å². The summed E-state index contributed by atoms with van der Waals surface area (Å²) in [6, 6.07) is 3.72. The Morgan fingerprint density at radius 1 is 1.24 bits per heavy atom. The highest BCUT2D eigenvalue weighted by Crippen LogP contribution is 2.24. The molecule has 0 amide bonds. The molecular weight excluding hydrogens is 238 g/mol. The number of ether oxygens (including phenoxy) is 1. The van der Waals surface area contributed by atoms with E-state index in [4.69, 9.17) is 0 Å². The van der Waals surface area contributed by atoms with E-state index in [2.05, 4.69) is 19.7 Å². The standard InChI is InChI=1S/C11H9N3O2S/c1-16-11(15)9-6-13-7-10(14-9)17-8-2-4-12-5-3-8/h2-7H,1H3. The predicted molar refractivity (Wildman–Crippen MR) is 61.7 cm³/mol. The third kappa shape index (κ3) is 3.01. The number of pyridine rings is 1. The number of carbonyl (C=O) groups is 1. The van der Waals surface area contributed by atoms with E-state index in [9.17, 15) is 4.79 Å². The zero-order chi connectivity index (χ0) is 12.1. The lowest BCUT2D eigenvalue weighted by atomic mass is 10.5. The molecule has 0 aliphatic rings. The van der Waals surface area contributed by atoms with Crippen LogP contribution in [0.25, 0.3) is 0 Å². The Balaban J connectivity index is 2.20. The third-order valence-corrected chi connectivity index (χ3v) is 2.79. The van der Waals surface area contributed by atoms with E-state index in [0.717, 1.165) is 4.90 Å². The minimum atomic E-state index is -0.491. The summed E-state index contributed by atoms with van der Waals surface area (Å²) in [5, 5.41) is 0.638. The van der Waals surface area contributed by atoms with Crippen LogP contribution in [0.3, 0.4) is 0 Å². The van der Waals surface area contributed by atoms with E-state index < -0.39 is 5.97 Å². The maximum atomic E-state index is 11.3. The summed E-state index contributed by atoms with van der Waals surface area (Å²) in [5.74, 6) is -0.491. The Morgan fingerprint density at radius 2 is 2.00 bits per heavy atom. The first-order chi connectivity index (χ1) is 8.29. The highest BCUT2D eigenvalue weighted by Gasteiger charge is 2.09.